The van der Waals surface area contributed by atoms with Crippen LogP contribution in [0.4, 0.5) is 0 Å². The second-order valence-corrected chi connectivity index (χ2v) is 4.97. The van der Waals surface area contributed by atoms with E-state index in [4.69, 9.17) is 0 Å². The van der Waals surface area contributed by atoms with E-state index in [2.05, 4.69) is 20.5 Å². The lowest BCUT2D eigenvalue weighted by Crippen LogP contribution is -2.27. The lowest BCUT2D eigenvalue weighted by molar-refractivity contribution is 0.0940. The molecule has 1 aromatic carbocycles. The summed E-state index contributed by atoms with van der Waals surface area (Å²) in [6.07, 6.45) is 3.26. The zero-order chi connectivity index (χ0) is 15.4. The first kappa shape index (κ1) is 14.0. The van der Waals surface area contributed by atoms with E-state index in [0.717, 1.165) is 11.3 Å². The van der Waals surface area contributed by atoms with E-state index in [9.17, 15) is 4.79 Å². The third-order valence-corrected chi connectivity index (χ3v) is 3.43. The Kier molecular flexibility index (Phi) is 3.96. The van der Waals surface area contributed by atoms with Gasteiger partial charge in [0.05, 0.1) is 29.2 Å². The Hall–Kier alpha value is -2.95. The van der Waals surface area contributed by atoms with E-state index in [-0.39, 0.29) is 11.9 Å². The van der Waals surface area contributed by atoms with E-state index >= 15 is 0 Å². The summed E-state index contributed by atoms with van der Waals surface area (Å²) in [7, 11) is 0. The van der Waals surface area contributed by atoms with Crippen LogP contribution in [0.5, 0.6) is 0 Å². The normalized spacial score (nSPS) is 11.9. The average molecular weight is 292 g/mol. The van der Waals surface area contributed by atoms with Crippen LogP contribution < -0.4 is 5.32 Å². The molecule has 0 saturated heterocycles. The zero-order valence-electron chi connectivity index (χ0n) is 12.2. The maximum Gasteiger partial charge on any atom is 0.255 e. The molecule has 2 N–H and O–H groups in total. The van der Waals surface area contributed by atoms with Gasteiger partial charge in [-0.15, -0.1) is 0 Å². The molecule has 0 spiro atoms. The van der Waals surface area contributed by atoms with Crippen molar-refractivity contribution in [1.29, 1.82) is 0 Å². The third kappa shape index (κ3) is 2.88. The molecular formula is C17H16N4O. The molecule has 0 bridgehead atoms. The quantitative estimate of drug-likeness (QED) is 0.776. The summed E-state index contributed by atoms with van der Waals surface area (Å²) in [5, 5.41) is 9.83. The Bertz CT molecular complexity index is 753. The standard InChI is InChI=1S/C17H16N4O/c1-12(15-9-5-6-10-18-15)20-17(22)14-11-19-21-16(14)13-7-3-2-4-8-13/h2-12H,1H3,(H,19,21)(H,20,22)/t12-/m0/s1. The summed E-state index contributed by atoms with van der Waals surface area (Å²) in [5.74, 6) is -0.175. The van der Waals surface area contributed by atoms with Crippen molar-refractivity contribution in [3.63, 3.8) is 0 Å². The number of carbonyl (C=O) groups is 1. The average Bonchev–Trinajstić information content (AvgIpc) is 3.06. The van der Waals surface area contributed by atoms with Crippen LogP contribution in [0, 0.1) is 0 Å². The second-order valence-electron chi connectivity index (χ2n) is 4.97. The summed E-state index contributed by atoms with van der Waals surface area (Å²) >= 11 is 0. The minimum absolute atomic E-state index is 0.174. The fourth-order valence-electron chi connectivity index (χ4n) is 2.26. The minimum Gasteiger partial charge on any atom is -0.344 e. The smallest absolute Gasteiger partial charge is 0.255 e. The Balaban J connectivity index is 1.81. The molecule has 0 radical (unpaired) electrons. The van der Waals surface area contributed by atoms with Crippen molar-refractivity contribution >= 4 is 5.91 Å². The Morgan fingerprint density at radius 3 is 2.64 bits per heavy atom. The fraction of sp³-hybridized carbons (Fsp3) is 0.118. The fourth-order valence-corrected chi connectivity index (χ4v) is 2.26. The van der Waals surface area contributed by atoms with Gasteiger partial charge in [-0.2, -0.15) is 5.10 Å². The molecule has 1 atom stereocenters. The summed E-state index contributed by atoms with van der Waals surface area (Å²) < 4.78 is 0. The van der Waals surface area contributed by atoms with Crippen LogP contribution in [0.15, 0.2) is 60.9 Å². The first-order valence-corrected chi connectivity index (χ1v) is 7.06. The van der Waals surface area contributed by atoms with Gasteiger partial charge in [0.25, 0.3) is 5.91 Å². The molecule has 0 unspecified atom stereocenters. The number of rotatable bonds is 4. The highest BCUT2D eigenvalue weighted by atomic mass is 16.1. The molecule has 0 aliphatic heterocycles. The van der Waals surface area contributed by atoms with Gasteiger partial charge >= 0.3 is 0 Å². The van der Waals surface area contributed by atoms with Crippen LogP contribution in [0.2, 0.25) is 0 Å². The van der Waals surface area contributed by atoms with Gasteiger partial charge in [0.1, 0.15) is 0 Å². The monoisotopic (exact) mass is 292 g/mol. The number of aromatic nitrogens is 3. The van der Waals surface area contributed by atoms with Gasteiger partial charge in [0, 0.05) is 11.8 Å². The molecule has 5 nitrogen and oxygen atoms in total. The third-order valence-electron chi connectivity index (χ3n) is 3.43. The largest absolute Gasteiger partial charge is 0.344 e. The van der Waals surface area contributed by atoms with Gasteiger partial charge in [0.15, 0.2) is 0 Å². The van der Waals surface area contributed by atoms with Crippen LogP contribution in [0.1, 0.15) is 29.0 Å². The second kappa shape index (κ2) is 6.22. The number of benzene rings is 1. The van der Waals surface area contributed by atoms with E-state index in [1.807, 2.05) is 55.5 Å². The molecule has 0 aliphatic rings. The van der Waals surface area contributed by atoms with E-state index < -0.39 is 0 Å². The number of nitrogens with one attached hydrogen (secondary N) is 2. The topological polar surface area (TPSA) is 70.7 Å². The summed E-state index contributed by atoms with van der Waals surface area (Å²) in [6.45, 7) is 1.91. The van der Waals surface area contributed by atoms with Gasteiger partial charge in [-0.05, 0) is 19.1 Å². The summed E-state index contributed by atoms with van der Waals surface area (Å²) in [6, 6.07) is 15.1. The predicted molar refractivity (Wildman–Crippen MR) is 84.1 cm³/mol. The molecule has 2 aromatic heterocycles. The molecule has 3 aromatic rings. The van der Waals surface area contributed by atoms with Gasteiger partial charge in [-0.25, -0.2) is 0 Å². The highest BCUT2D eigenvalue weighted by Gasteiger charge is 2.17. The number of carbonyl (C=O) groups excluding carboxylic acids is 1. The van der Waals surface area contributed by atoms with Crippen LogP contribution in [-0.2, 0) is 0 Å². The predicted octanol–water partition coefficient (Wildman–Crippen LogP) is 2.96. The van der Waals surface area contributed by atoms with Gasteiger partial charge in [0.2, 0.25) is 0 Å². The van der Waals surface area contributed by atoms with Crippen molar-refractivity contribution in [3.8, 4) is 11.3 Å². The summed E-state index contributed by atoms with van der Waals surface area (Å²) in [4.78, 5) is 16.7. The number of hydrogen-bond acceptors (Lipinski definition) is 3. The lowest BCUT2D eigenvalue weighted by Gasteiger charge is -2.13. The highest BCUT2D eigenvalue weighted by Crippen LogP contribution is 2.21. The molecule has 3 rings (SSSR count). The van der Waals surface area contributed by atoms with Crippen LogP contribution >= 0.6 is 0 Å². The first-order chi connectivity index (χ1) is 10.8. The molecule has 22 heavy (non-hydrogen) atoms. The van der Waals surface area contributed by atoms with Gasteiger partial charge < -0.3 is 5.32 Å². The number of pyridine rings is 1. The zero-order valence-corrected chi connectivity index (χ0v) is 12.2. The van der Waals surface area contributed by atoms with Gasteiger partial charge in [-0.1, -0.05) is 36.4 Å². The van der Waals surface area contributed by atoms with Crippen LogP contribution in [0.25, 0.3) is 11.3 Å². The molecule has 0 fully saturated rings. The van der Waals surface area contributed by atoms with Crippen LogP contribution in [0.3, 0.4) is 0 Å². The van der Waals surface area contributed by atoms with Crippen LogP contribution in [-0.4, -0.2) is 21.1 Å². The molecule has 0 aliphatic carbocycles. The lowest BCUT2D eigenvalue weighted by atomic mass is 10.1. The van der Waals surface area contributed by atoms with Crippen molar-refractivity contribution in [2.75, 3.05) is 0 Å². The van der Waals surface area contributed by atoms with E-state index in [0.29, 0.717) is 11.3 Å². The van der Waals surface area contributed by atoms with Gasteiger partial charge in [-0.3, -0.25) is 14.9 Å². The molecule has 1 amide bonds. The molecule has 0 saturated carbocycles. The maximum absolute atomic E-state index is 12.5. The summed E-state index contributed by atoms with van der Waals surface area (Å²) in [5.41, 5.74) is 2.98. The highest BCUT2D eigenvalue weighted by molar-refractivity contribution is 5.99. The molecular weight excluding hydrogens is 276 g/mol. The number of aromatic amines is 1. The molecule has 110 valence electrons. The number of hydrogen-bond donors (Lipinski definition) is 2. The Labute approximate surface area is 128 Å². The number of H-pyrrole nitrogens is 1. The van der Waals surface area contributed by atoms with E-state index in [1.54, 1.807) is 12.4 Å². The van der Waals surface area contributed by atoms with Crippen molar-refractivity contribution in [3.05, 3.63) is 72.2 Å². The minimum atomic E-state index is -0.175. The first-order valence-electron chi connectivity index (χ1n) is 7.06. The Morgan fingerprint density at radius 2 is 1.91 bits per heavy atom. The van der Waals surface area contributed by atoms with Crippen molar-refractivity contribution in [1.82, 2.24) is 20.5 Å². The van der Waals surface area contributed by atoms with Crippen molar-refractivity contribution in [2.24, 2.45) is 0 Å². The maximum atomic E-state index is 12.5. The number of amides is 1. The molecule has 2 heterocycles. The van der Waals surface area contributed by atoms with E-state index in [1.165, 1.54) is 0 Å². The molecule has 5 heteroatoms. The number of nitrogens with zero attached hydrogens (tertiary/aromatic N) is 2. The Morgan fingerprint density at radius 1 is 1.14 bits per heavy atom. The van der Waals surface area contributed by atoms with Crippen molar-refractivity contribution in [2.45, 2.75) is 13.0 Å². The SMILES string of the molecule is C[C@H](NC(=O)c1cn[nH]c1-c1ccccc1)c1ccccn1. The van der Waals surface area contributed by atoms with Crippen molar-refractivity contribution < 1.29 is 4.79 Å².